The first-order valence-corrected chi connectivity index (χ1v) is 12.6. The van der Waals surface area contributed by atoms with Gasteiger partial charge in [-0.3, -0.25) is 4.79 Å². The SMILES string of the molecule is CC(=O)Oc1ccc([C@@H](O)CNCCc2cccc(COCCCOCc3ccccc3)c2)cc1CO. The van der Waals surface area contributed by atoms with Crippen molar-refractivity contribution in [3.8, 4) is 5.75 Å². The van der Waals surface area contributed by atoms with Crippen LogP contribution in [0.15, 0.2) is 72.8 Å². The minimum atomic E-state index is -0.743. The molecule has 0 radical (unpaired) electrons. The molecular formula is C30H37NO6. The average Bonchev–Trinajstić information content (AvgIpc) is 2.91. The van der Waals surface area contributed by atoms with Gasteiger partial charge in [0.25, 0.3) is 0 Å². The number of hydrogen-bond donors (Lipinski definition) is 3. The predicted molar refractivity (Wildman–Crippen MR) is 142 cm³/mol. The number of carbonyl (C=O) groups excluding carboxylic acids is 1. The van der Waals surface area contributed by atoms with Gasteiger partial charge in [0.05, 0.1) is 25.9 Å². The van der Waals surface area contributed by atoms with Gasteiger partial charge in [-0.1, -0.05) is 60.7 Å². The lowest BCUT2D eigenvalue weighted by atomic mass is 10.0. The Balaban J connectivity index is 1.32. The second-order valence-corrected chi connectivity index (χ2v) is 8.85. The van der Waals surface area contributed by atoms with Gasteiger partial charge in [-0.25, -0.2) is 0 Å². The minimum absolute atomic E-state index is 0.279. The van der Waals surface area contributed by atoms with Crippen LogP contribution in [0.2, 0.25) is 0 Å². The van der Waals surface area contributed by atoms with Crippen LogP contribution in [0.5, 0.6) is 5.75 Å². The molecule has 3 aromatic rings. The molecule has 7 nitrogen and oxygen atoms in total. The van der Waals surface area contributed by atoms with Crippen LogP contribution in [0, 0.1) is 0 Å². The van der Waals surface area contributed by atoms with Crippen molar-refractivity contribution in [3.05, 3.63) is 101 Å². The maximum Gasteiger partial charge on any atom is 0.308 e. The van der Waals surface area contributed by atoms with E-state index in [1.165, 1.54) is 18.1 Å². The summed E-state index contributed by atoms with van der Waals surface area (Å²) >= 11 is 0. The molecule has 0 spiro atoms. The molecule has 3 rings (SSSR count). The molecular weight excluding hydrogens is 470 g/mol. The minimum Gasteiger partial charge on any atom is -0.426 e. The topological polar surface area (TPSA) is 97.3 Å². The zero-order chi connectivity index (χ0) is 26.3. The quantitative estimate of drug-likeness (QED) is 0.153. The summed E-state index contributed by atoms with van der Waals surface area (Å²) in [6, 6.07) is 23.4. The Kier molecular flexibility index (Phi) is 12.3. The number of nitrogens with one attached hydrogen (secondary N) is 1. The predicted octanol–water partition coefficient (Wildman–Crippen LogP) is 4.09. The highest BCUT2D eigenvalue weighted by Crippen LogP contribution is 2.24. The van der Waals surface area contributed by atoms with Gasteiger partial charge in [-0.05, 0) is 53.8 Å². The second-order valence-electron chi connectivity index (χ2n) is 8.85. The van der Waals surface area contributed by atoms with E-state index in [0.29, 0.717) is 56.4 Å². The fourth-order valence-electron chi connectivity index (χ4n) is 3.87. The molecule has 0 aliphatic rings. The molecule has 0 saturated carbocycles. The zero-order valence-corrected chi connectivity index (χ0v) is 21.4. The van der Waals surface area contributed by atoms with Crippen LogP contribution in [0.4, 0.5) is 0 Å². The summed E-state index contributed by atoms with van der Waals surface area (Å²) in [7, 11) is 0. The number of rotatable bonds is 16. The van der Waals surface area contributed by atoms with Crippen LogP contribution in [0.3, 0.4) is 0 Å². The highest BCUT2D eigenvalue weighted by Gasteiger charge is 2.12. The summed E-state index contributed by atoms with van der Waals surface area (Å²) in [5.41, 5.74) is 4.62. The van der Waals surface area contributed by atoms with Crippen molar-refractivity contribution in [2.75, 3.05) is 26.3 Å². The summed E-state index contributed by atoms with van der Waals surface area (Å²) < 4.78 is 16.6. The first-order chi connectivity index (χ1) is 18.0. The molecule has 0 bridgehead atoms. The van der Waals surface area contributed by atoms with Gasteiger partial charge >= 0.3 is 5.97 Å². The van der Waals surface area contributed by atoms with Crippen LogP contribution in [-0.4, -0.2) is 42.5 Å². The molecule has 198 valence electrons. The van der Waals surface area contributed by atoms with Crippen LogP contribution in [-0.2, 0) is 40.5 Å². The van der Waals surface area contributed by atoms with Gasteiger partial charge in [0.1, 0.15) is 5.75 Å². The molecule has 0 heterocycles. The third-order valence-electron chi connectivity index (χ3n) is 5.77. The number of hydrogen-bond acceptors (Lipinski definition) is 7. The van der Waals surface area contributed by atoms with Gasteiger partial charge in [-0.2, -0.15) is 0 Å². The number of ether oxygens (including phenoxy) is 3. The maximum absolute atomic E-state index is 11.2. The molecule has 0 unspecified atom stereocenters. The number of aliphatic hydroxyl groups is 2. The Hall–Kier alpha value is -3.07. The first-order valence-electron chi connectivity index (χ1n) is 12.6. The van der Waals surface area contributed by atoms with E-state index in [1.54, 1.807) is 18.2 Å². The molecule has 0 fully saturated rings. The molecule has 0 saturated heterocycles. The molecule has 0 amide bonds. The summed E-state index contributed by atoms with van der Waals surface area (Å²) in [5, 5.41) is 23.3. The fraction of sp³-hybridized carbons (Fsp3) is 0.367. The molecule has 0 aromatic heterocycles. The Morgan fingerprint density at radius 2 is 1.59 bits per heavy atom. The van der Waals surface area contributed by atoms with Crippen LogP contribution in [0.1, 0.15) is 47.3 Å². The van der Waals surface area contributed by atoms with E-state index < -0.39 is 12.1 Å². The van der Waals surface area contributed by atoms with Gasteiger partial charge in [0.2, 0.25) is 0 Å². The van der Waals surface area contributed by atoms with Crippen molar-refractivity contribution in [1.29, 1.82) is 0 Å². The fourth-order valence-corrected chi connectivity index (χ4v) is 3.87. The van der Waals surface area contributed by atoms with Crippen molar-refractivity contribution < 1.29 is 29.2 Å². The van der Waals surface area contributed by atoms with E-state index in [9.17, 15) is 15.0 Å². The van der Waals surface area contributed by atoms with Crippen molar-refractivity contribution in [1.82, 2.24) is 5.32 Å². The van der Waals surface area contributed by atoms with E-state index in [1.807, 2.05) is 24.3 Å². The van der Waals surface area contributed by atoms with E-state index >= 15 is 0 Å². The average molecular weight is 508 g/mol. The number of benzene rings is 3. The van der Waals surface area contributed by atoms with Gasteiger partial charge < -0.3 is 29.7 Å². The van der Waals surface area contributed by atoms with Crippen LogP contribution < -0.4 is 10.1 Å². The molecule has 37 heavy (non-hydrogen) atoms. The monoisotopic (exact) mass is 507 g/mol. The lowest BCUT2D eigenvalue weighted by Crippen LogP contribution is -2.24. The Bertz CT molecular complexity index is 1090. The Labute approximate surface area is 219 Å². The molecule has 0 aliphatic carbocycles. The summed E-state index contributed by atoms with van der Waals surface area (Å²) in [5.74, 6) is -0.149. The van der Waals surface area contributed by atoms with E-state index in [2.05, 4.69) is 35.6 Å². The third-order valence-corrected chi connectivity index (χ3v) is 5.77. The first kappa shape index (κ1) is 28.5. The number of carbonyl (C=O) groups is 1. The zero-order valence-electron chi connectivity index (χ0n) is 21.4. The van der Waals surface area contributed by atoms with Gasteiger partial charge in [-0.15, -0.1) is 0 Å². The third kappa shape index (κ3) is 10.4. The van der Waals surface area contributed by atoms with Gasteiger partial charge in [0.15, 0.2) is 0 Å². The van der Waals surface area contributed by atoms with Crippen LogP contribution in [0.25, 0.3) is 0 Å². The maximum atomic E-state index is 11.2. The molecule has 7 heteroatoms. The normalized spacial score (nSPS) is 11.9. The molecule has 3 N–H and O–H groups in total. The summed E-state index contributed by atoms with van der Waals surface area (Å²) in [6.07, 6.45) is 0.930. The standard InChI is InChI=1S/C30H37NO6/c1-23(33)37-30-12-11-27(18-28(30)20-32)29(34)19-31-14-13-24-9-5-10-26(17-24)22-36-16-6-15-35-21-25-7-3-2-4-8-25/h2-5,7-12,17-18,29,31-32,34H,6,13-16,19-22H2,1H3/t29-/m0/s1. The summed E-state index contributed by atoms with van der Waals surface area (Å²) in [6.45, 7) is 4.61. The molecule has 0 aliphatic heterocycles. The highest BCUT2D eigenvalue weighted by molar-refractivity contribution is 5.69. The highest BCUT2D eigenvalue weighted by atomic mass is 16.5. The molecule has 3 aromatic carbocycles. The number of aliphatic hydroxyl groups excluding tert-OH is 2. The largest absolute Gasteiger partial charge is 0.426 e. The van der Waals surface area contributed by atoms with Crippen LogP contribution >= 0.6 is 0 Å². The lowest BCUT2D eigenvalue weighted by molar-refractivity contribution is -0.131. The Morgan fingerprint density at radius 3 is 2.32 bits per heavy atom. The number of esters is 1. The molecule has 1 atom stereocenters. The van der Waals surface area contributed by atoms with E-state index in [4.69, 9.17) is 14.2 Å². The van der Waals surface area contributed by atoms with Gasteiger partial charge in [0, 0.05) is 32.2 Å². The van der Waals surface area contributed by atoms with Crippen molar-refractivity contribution in [3.63, 3.8) is 0 Å². The van der Waals surface area contributed by atoms with E-state index in [-0.39, 0.29) is 6.61 Å². The van der Waals surface area contributed by atoms with Crippen molar-refractivity contribution in [2.24, 2.45) is 0 Å². The van der Waals surface area contributed by atoms with Crippen molar-refractivity contribution in [2.45, 2.75) is 45.7 Å². The second kappa shape index (κ2) is 15.9. The van der Waals surface area contributed by atoms with Crippen molar-refractivity contribution >= 4 is 5.97 Å². The smallest absolute Gasteiger partial charge is 0.308 e. The Morgan fingerprint density at radius 1 is 0.892 bits per heavy atom. The lowest BCUT2D eigenvalue weighted by Gasteiger charge is -2.15. The summed E-state index contributed by atoms with van der Waals surface area (Å²) in [4.78, 5) is 11.2. The van der Waals surface area contributed by atoms with E-state index in [0.717, 1.165) is 18.4 Å².